The van der Waals surface area contributed by atoms with E-state index in [1.165, 1.54) is 14.2 Å². The SMILES string of the molecule is COc1ccc(N[C@@H](c2ccc(Cl)cc2)P(=O)(OC)OC)cc1. The average Bonchev–Trinajstić information content (AvgIpc) is 2.60. The van der Waals surface area contributed by atoms with Crippen molar-refractivity contribution in [1.29, 1.82) is 0 Å². The first-order valence-corrected chi connectivity index (χ1v) is 8.88. The number of halogens is 1. The Hall–Kier alpha value is -1.52. The Labute approximate surface area is 141 Å². The molecule has 5 nitrogen and oxygen atoms in total. The number of anilines is 1. The van der Waals surface area contributed by atoms with Gasteiger partial charge in [-0.25, -0.2) is 0 Å². The summed E-state index contributed by atoms with van der Waals surface area (Å²) < 4.78 is 28.4. The Balaban J connectivity index is 2.36. The van der Waals surface area contributed by atoms with Gasteiger partial charge in [-0.15, -0.1) is 0 Å². The molecule has 124 valence electrons. The van der Waals surface area contributed by atoms with Gasteiger partial charge in [0.25, 0.3) is 0 Å². The number of methoxy groups -OCH3 is 1. The molecule has 0 saturated carbocycles. The molecule has 2 aromatic carbocycles. The van der Waals surface area contributed by atoms with Crippen LogP contribution in [0, 0.1) is 0 Å². The van der Waals surface area contributed by atoms with E-state index in [9.17, 15) is 4.57 Å². The summed E-state index contributed by atoms with van der Waals surface area (Å²) in [5.41, 5.74) is 1.51. The van der Waals surface area contributed by atoms with E-state index >= 15 is 0 Å². The van der Waals surface area contributed by atoms with Crippen molar-refractivity contribution in [3.63, 3.8) is 0 Å². The molecular formula is C16H19ClNO4P. The van der Waals surface area contributed by atoms with Crippen molar-refractivity contribution in [3.8, 4) is 5.75 Å². The Morgan fingerprint density at radius 3 is 2.00 bits per heavy atom. The van der Waals surface area contributed by atoms with Gasteiger partial charge in [-0.1, -0.05) is 23.7 Å². The van der Waals surface area contributed by atoms with Gasteiger partial charge in [0.1, 0.15) is 5.75 Å². The predicted octanol–water partition coefficient (Wildman–Crippen LogP) is 4.95. The first-order valence-electron chi connectivity index (χ1n) is 6.89. The zero-order valence-corrected chi connectivity index (χ0v) is 14.8. The summed E-state index contributed by atoms with van der Waals surface area (Å²) in [6.07, 6.45) is 0. The van der Waals surface area contributed by atoms with Gasteiger partial charge in [0.15, 0.2) is 5.78 Å². The molecule has 23 heavy (non-hydrogen) atoms. The molecule has 0 saturated heterocycles. The molecule has 2 rings (SSSR count). The number of ether oxygens (including phenoxy) is 1. The fourth-order valence-corrected chi connectivity index (χ4v) is 3.66. The van der Waals surface area contributed by atoms with Crippen LogP contribution in [0.1, 0.15) is 11.3 Å². The minimum atomic E-state index is -3.40. The maximum Gasteiger partial charge on any atom is 0.356 e. The van der Waals surface area contributed by atoms with Crippen molar-refractivity contribution in [3.05, 3.63) is 59.1 Å². The molecule has 0 aliphatic rings. The fourth-order valence-electron chi connectivity index (χ4n) is 2.12. The van der Waals surface area contributed by atoms with Crippen molar-refractivity contribution in [2.75, 3.05) is 26.6 Å². The van der Waals surface area contributed by atoms with Gasteiger partial charge in [-0.05, 0) is 42.0 Å². The minimum Gasteiger partial charge on any atom is -0.497 e. The van der Waals surface area contributed by atoms with Gasteiger partial charge in [0.2, 0.25) is 0 Å². The quantitative estimate of drug-likeness (QED) is 0.712. The lowest BCUT2D eigenvalue weighted by molar-refractivity contribution is 0.268. The molecule has 0 heterocycles. The third-order valence-electron chi connectivity index (χ3n) is 3.40. The minimum absolute atomic E-state index is 0.599. The van der Waals surface area contributed by atoms with E-state index in [4.69, 9.17) is 25.4 Å². The predicted molar refractivity (Wildman–Crippen MR) is 92.4 cm³/mol. The van der Waals surface area contributed by atoms with Crippen LogP contribution in [0.25, 0.3) is 0 Å². The highest BCUT2D eigenvalue weighted by atomic mass is 35.5. The molecule has 0 unspecified atom stereocenters. The van der Waals surface area contributed by atoms with Gasteiger partial charge in [0.05, 0.1) is 7.11 Å². The molecular weight excluding hydrogens is 337 g/mol. The number of hydrogen-bond donors (Lipinski definition) is 1. The zero-order chi connectivity index (χ0) is 16.9. The maximum atomic E-state index is 12.9. The molecule has 2 aromatic rings. The smallest absolute Gasteiger partial charge is 0.356 e. The van der Waals surface area contributed by atoms with Crippen LogP contribution in [0.15, 0.2) is 48.5 Å². The third-order valence-corrected chi connectivity index (χ3v) is 5.73. The summed E-state index contributed by atoms with van der Waals surface area (Å²) >= 11 is 5.93. The van der Waals surface area contributed by atoms with Crippen LogP contribution in [-0.2, 0) is 13.6 Å². The summed E-state index contributed by atoms with van der Waals surface area (Å²) in [5, 5.41) is 3.80. The average molecular weight is 356 g/mol. The first-order chi connectivity index (χ1) is 11.0. The summed E-state index contributed by atoms with van der Waals surface area (Å²) in [5.74, 6) is 0.0726. The third kappa shape index (κ3) is 4.27. The van der Waals surface area contributed by atoms with Crippen LogP contribution in [0.3, 0.4) is 0 Å². The second-order valence-corrected chi connectivity index (χ2v) is 7.49. The summed E-state index contributed by atoms with van der Waals surface area (Å²) in [4.78, 5) is 0. The highest BCUT2D eigenvalue weighted by Crippen LogP contribution is 2.59. The van der Waals surface area contributed by atoms with Crippen LogP contribution in [0.2, 0.25) is 5.02 Å². The van der Waals surface area contributed by atoms with Crippen molar-refractivity contribution in [2.24, 2.45) is 0 Å². The molecule has 0 aliphatic carbocycles. The van der Waals surface area contributed by atoms with E-state index < -0.39 is 13.4 Å². The normalized spacial score (nSPS) is 12.7. The lowest BCUT2D eigenvalue weighted by atomic mass is 10.2. The van der Waals surface area contributed by atoms with Crippen LogP contribution >= 0.6 is 19.2 Å². The van der Waals surface area contributed by atoms with E-state index in [1.54, 1.807) is 31.4 Å². The Kier molecular flexibility index (Phi) is 6.08. The number of nitrogens with one attached hydrogen (secondary N) is 1. The van der Waals surface area contributed by atoms with Crippen molar-refractivity contribution in [1.82, 2.24) is 0 Å². The number of benzene rings is 2. The van der Waals surface area contributed by atoms with Crippen molar-refractivity contribution in [2.45, 2.75) is 5.78 Å². The molecule has 1 N–H and O–H groups in total. The summed E-state index contributed by atoms with van der Waals surface area (Å²) in [6, 6.07) is 14.3. The molecule has 0 spiro atoms. The Morgan fingerprint density at radius 1 is 0.957 bits per heavy atom. The zero-order valence-electron chi connectivity index (χ0n) is 13.2. The molecule has 1 atom stereocenters. The van der Waals surface area contributed by atoms with E-state index in [1.807, 2.05) is 24.3 Å². The Morgan fingerprint density at radius 2 is 1.52 bits per heavy atom. The summed E-state index contributed by atoms with van der Waals surface area (Å²) in [7, 11) is 0.930. The molecule has 7 heteroatoms. The molecule has 0 amide bonds. The Bertz CT molecular complexity index is 667. The maximum absolute atomic E-state index is 12.9. The standard InChI is InChI=1S/C16H19ClNO4P/c1-20-15-10-8-14(9-11-15)18-16(23(19,21-2)22-3)12-4-6-13(17)7-5-12/h4-11,16,18H,1-3H3/t16-/m1/s1. The first kappa shape index (κ1) is 17.8. The summed E-state index contributed by atoms with van der Waals surface area (Å²) in [6.45, 7) is 0. The lowest BCUT2D eigenvalue weighted by Gasteiger charge is -2.26. The second kappa shape index (κ2) is 7.84. The number of hydrogen-bond acceptors (Lipinski definition) is 5. The largest absolute Gasteiger partial charge is 0.497 e. The molecule has 0 bridgehead atoms. The second-order valence-electron chi connectivity index (χ2n) is 4.73. The van der Waals surface area contributed by atoms with Crippen LogP contribution in [-0.4, -0.2) is 21.3 Å². The van der Waals surface area contributed by atoms with Crippen molar-refractivity contribution < 1.29 is 18.3 Å². The molecule has 0 radical (unpaired) electrons. The molecule has 0 aromatic heterocycles. The monoisotopic (exact) mass is 355 g/mol. The van der Waals surface area contributed by atoms with Gasteiger partial charge in [-0.2, -0.15) is 0 Å². The van der Waals surface area contributed by atoms with Crippen LogP contribution in [0.4, 0.5) is 5.69 Å². The molecule has 0 aliphatic heterocycles. The van der Waals surface area contributed by atoms with Crippen molar-refractivity contribution >= 4 is 24.9 Å². The van der Waals surface area contributed by atoms with Crippen LogP contribution in [0.5, 0.6) is 5.75 Å². The number of rotatable bonds is 7. The van der Waals surface area contributed by atoms with E-state index in [0.29, 0.717) is 5.02 Å². The lowest BCUT2D eigenvalue weighted by Crippen LogP contribution is -2.13. The van der Waals surface area contributed by atoms with Gasteiger partial charge in [0, 0.05) is 24.9 Å². The van der Waals surface area contributed by atoms with Crippen LogP contribution < -0.4 is 10.1 Å². The van der Waals surface area contributed by atoms with Gasteiger partial charge in [-0.3, -0.25) is 4.57 Å². The topological polar surface area (TPSA) is 56.8 Å². The van der Waals surface area contributed by atoms with Gasteiger partial charge < -0.3 is 19.1 Å². The van der Waals surface area contributed by atoms with E-state index in [2.05, 4.69) is 5.32 Å². The van der Waals surface area contributed by atoms with E-state index in [0.717, 1.165) is 17.0 Å². The highest BCUT2D eigenvalue weighted by Gasteiger charge is 2.35. The van der Waals surface area contributed by atoms with Gasteiger partial charge >= 0.3 is 7.60 Å². The highest BCUT2D eigenvalue weighted by molar-refractivity contribution is 7.54. The fraction of sp³-hybridized carbons (Fsp3) is 0.250. The molecule has 0 fully saturated rings. The van der Waals surface area contributed by atoms with E-state index in [-0.39, 0.29) is 0 Å².